The fourth-order valence-corrected chi connectivity index (χ4v) is 5.67. The van der Waals surface area contributed by atoms with Crippen molar-refractivity contribution in [1.29, 1.82) is 0 Å². The lowest BCUT2D eigenvalue weighted by molar-refractivity contribution is -0.137. The Morgan fingerprint density at radius 3 is 2.45 bits per heavy atom. The summed E-state index contributed by atoms with van der Waals surface area (Å²) in [5.41, 5.74) is 9.23. The number of hydrogen-bond acceptors (Lipinski definition) is 7. The van der Waals surface area contributed by atoms with Gasteiger partial charge in [0, 0.05) is 39.9 Å². The molecule has 1 aliphatic heterocycles. The molecule has 3 aromatic carbocycles. The summed E-state index contributed by atoms with van der Waals surface area (Å²) in [6, 6.07) is 20.7. The Morgan fingerprint density at radius 2 is 1.76 bits per heavy atom. The minimum absolute atomic E-state index is 0.0228. The first-order valence-electron chi connectivity index (χ1n) is 13.2. The fraction of sp³-hybridized carbons (Fsp3) is 0.188. The van der Waals surface area contributed by atoms with Crippen molar-refractivity contribution in [3.05, 3.63) is 108 Å². The van der Waals surface area contributed by atoms with Crippen molar-refractivity contribution < 1.29 is 23.5 Å². The van der Waals surface area contributed by atoms with Gasteiger partial charge >= 0.3 is 5.97 Å². The Balaban J connectivity index is 1.31. The van der Waals surface area contributed by atoms with Crippen LogP contribution in [-0.2, 0) is 16.1 Å². The van der Waals surface area contributed by atoms with E-state index in [0.29, 0.717) is 34.5 Å². The van der Waals surface area contributed by atoms with Crippen LogP contribution in [0.1, 0.15) is 40.1 Å². The van der Waals surface area contributed by atoms with E-state index in [-0.39, 0.29) is 34.8 Å². The number of carbonyl (C=O) groups excluding carboxylic acids is 3. The molecule has 42 heavy (non-hydrogen) atoms. The van der Waals surface area contributed by atoms with Crippen LogP contribution in [0.2, 0.25) is 0 Å². The third kappa shape index (κ3) is 6.35. The number of hydrogen-bond donors (Lipinski definition) is 3. The van der Waals surface area contributed by atoms with Gasteiger partial charge in [-0.3, -0.25) is 19.4 Å². The number of benzene rings is 3. The van der Waals surface area contributed by atoms with Gasteiger partial charge in [0.05, 0.1) is 18.5 Å². The van der Waals surface area contributed by atoms with Gasteiger partial charge in [-0.15, -0.1) is 11.8 Å². The van der Waals surface area contributed by atoms with Gasteiger partial charge in [-0.05, 0) is 71.3 Å². The van der Waals surface area contributed by atoms with Gasteiger partial charge in [-0.1, -0.05) is 32.0 Å². The zero-order valence-corrected chi connectivity index (χ0v) is 23.8. The number of amides is 2. The van der Waals surface area contributed by atoms with Gasteiger partial charge in [0.2, 0.25) is 0 Å². The van der Waals surface area contributed by atoms with E-state index in [0.717, 1.165) is 16.7 Å². The number of carbonyl (C=O) groups is 3. The molecule has 0 saturated carbocycles. The van der Waals surface area contributed by atoms with Crippen molar-refractivity contribution in [2.75, 3.05) is 17.2 Å². The lowest BCUT2D eigenvalue weighted by atomic mass is 9.92. The van der Waals surface area contributed by atoms with Crippen LogP contribution in [0.25, 0.3) is 11.1 Å². The molecule has 2 heterocycles. The molecular formula is C32H29FN4O4S. The number of cyclic esters (lactones) is 1. The topological polar surface area (TPSA) is 123 Å². The van der Waals surface area contributed by atoms with Crippen LogP contribution in [0.3, 0.4) is 0 Å². The second-order valence-corrected chi connectivity index (χ2v) is 11.7. The summed E-state index contributed by atoms with van der Waals surface area (Å²) in [6.45, 7) is 4.62. The van der Waals surface area contributed by atoms with E-state index in [2.05, 4.69) is 15.6 Å². The van der Waals surface area contributed by atoms with Gasteiger partial charge in [0.15, 0.2) is 5.82 Å². The van der Waals surface area contributed by atoms with E-state index in [1.54, 1.807) is 48.5 Å². The molecular weight excluding hydrogens is 555 g/mol. The van der Waals surface area contributed by atoms with Gasteiger partial charge < -0.3 is 21.1 Å². The molecule has 2 amide bonds. The zero-order valence-electron chi connectivity index (χ0n) is 23.0. The quantitative estimate of drug-likeness (QED) is 0.221. The first kappa shape index (κ1) is 29.0. The number of pyridine rings is 1. The molecule has 4 N–H and O–H groups in total. The first-order valence-corrected chi connectivity index (χ1v) is 14.1. The second kappa shape index (κ2) is 12.1. The minimum Gasteiger partial charge on any atom is -0.464 e. The van der Waals surface area contributed by atoms with Crippen LogP contribution in [0.15, 0.2) is 90.1 Å². The molecule has 0 spiro atoms. The van der Waals surface area contributed by atoms with Crippen molar-refractivity contribution in [3.63, 3.8) is 0 Å². The number of halogens is 1. The SMILES string of the molecule is CC1(C)COC(=O)C1Sc1ccc(NC(=O)c2cccc(-c3cc(C(=O)Nc4ccncc4F)ccc3CN)c2)cc1. The van der Waals surface area contributed by atoms with Crippen molar-refractivity contribution >= 4 is 40.9 Å². The largest absolute Gasteiger partial charge is 0.464 e. The van der Waals surface area contributed by atoms with E-state index in [4.69, 9.17) is 10.5 Å². The molecule has 0 radical (unpaired) electrons. The third-order valence-corrected chi connectivity index (χ3v) is 8.54. The Kier molecular flexibility index (Phi) is 8.37. The van der Waals surface area contributed by atoms with Gasteiger partial charge in [0.25, 0.3) is 11.8 Å². The molecule has 0 aliphatic carbocycles. The molecule has 1 aromatic heterocycles. The Bertz CT molecular complexity index is 1660. The van der Waals surface area contributed by atoms with Crippen molar-refractivity contribution in [2.45, 2.75) is 30.5 Å². The van der Waals surface area contributed by atoms with E-state index >= 15 is 0 Å². The first-order chi connectivity index (χ1) is 20.1. The Labute approximate surface area is 246 Å². The highest BCUT2D eigenvalue weighted by atomic mass is 32.2. The molecule has 1 atom stereocenters. The van der Waals surface area contributed by atoms with Crippen LogP contribution in [0.4, 0.5) is 15.8 Å². The zero-order chi connectivity index (χ0) is 29.9. The maximum absolute atomic E-state index is 14.0. The van der Waals surface area contributed by atoms with Crippen LogP contribution in [0.5, 0.6) is 0 Å². The van der Waals surface area contributed by atoms with E-state index in [9.17, 15) is 18.8 Å². The lowest BCUT2D eigenvalue weighted by Crippen LogP contribution is -2.26. The summed E-state index contributed by atoms with van der Waals surface area (Å²) >= 11 is 1.45. The number of rotatable bonds is 8. The molecule has 10 heteroatoms. The van der Waals surface area contributed by atoms with Crippen molar-refractivity contribution in [2.24, 2.45) is 11.1 Å². The molecule has 4 aromatic rings. The van der Waals surface area contributed by atoms with Gasteiger partial charge in [-0.25, -0.2) is 4.39 Å². The molecule has 1 unspecified atom stereocenters. The van der Waals surface area contributed by atoms with Crippen LogP contribution in [0, 0.1) is 11.2 Å². The van der Waals surface area contributed by atoms with Crippen LogP contribution in [-0.4, -0.2) is 34.6 Å². The second-order valence-electron chi connectivity index (χ2n) is 10.5. The Morgan fingerprint density at radius 1 is 1.02 bits per heavy atom. The maximum atomic E-state index is 14.0. The molecule has 1 saturated heterocycles. The molecule has 5 rings (SSSR count). The maximum Gasteiger partial charge on any atom is 0.320 e. The number of anilines is 2. The van der Waals surface area contributed by atoms with Crippen molar-refractivity contribution in [3.8, 4) is 11.1 Å². The number of aromatic nitrogens is 1. The average molecular weight is 585 g/mol. The summed E-state index contributed by atoms with van der Waals surface area (Å²) < 4.78 is 19.2. The minimum atomic E-state index is -0.640. The summed E-state index contributed by atoms with van der Waals surface area (Å²) in [6.07, 6.45) is 2.41. The molecule has 0 bridgehead atoms. The normalized spacial score (nSPS) is 15.6. The lowest BCUT2D eigenvalue weighted by Gasteiger charge is -2.21. The number of nitrogens with two attached hydrogens (primary N) is 1. The van der Waals surface area contributed by atoms with E-state index in [1.165, 1.54) is 24.0 Å². The number of esters is 1. The van der Waals surface area contributed by atoms with Gasteiger partial charge in [0.1, 0.15) is 5.25 Å². The fourth-order valence-electron chi connectivity index (χ4n) is 4.55. The molecule has 8 nitrogen and oxygen atoms in total. The number of ether oxygens (including phenoxy) is 1. The summed E-state index contributed by atoms with van der Waals surface area (Å²) in [5, 5.41) is 5.17. The predicted molar refractivity (Wildman–Crippen MR) is 161 cm³/mol. The molecule has 214 valence electrons. The number of thioether (sulfide) groups is 1. The average Bonchev–Trinajstić information content (AvgIpc) is 3.25. The highest BCUT2D eigenvalue weighted by molar-refractivity contribution is 8.00. The van der Waals surface area contributed by atoms with E-state index in [1.807, 2.05) is 32.0 Å². The predicted octanol–water partition coefficient (Wildman–Crippen LogP) is 5.89. The molecule has 1 fully saturated rings. The standard InChI is InChI=1S/C32H29FN4O4S/c1-32(2)18-41-31(40)28(32)42-24-10-8-23(9-11-24)36-29(38)20-5-3-4-19(14-20)25-15-21(6-7-22(25)16-34)30(39)37-27-12-13-35-17-26(27)33/h3-15,17,28H,16,18,34H2,1-2H3,(H,36,38)(H,35,37,39). The summed E-state index contributed by atoms with van der Waals surface area (Å²) in [7, 11) is 0. The molecule has 1 aliphatic rings. The van der Waals surface area contributed by atoms with Gasteiger partial charge in [-0.2, -0.15) is 0 Å². The van der Waals surface area contributed by atoms with Crippen LogP contribution < -0.4 is 16.4 Å². The van der Waals surface area contributed by atoms with E-state index < -0.39 is 11.7 Å². The number of nitrogens with zero attached hydrogens (tertiary/aromatic N) is 1. The summed E-state index contributed by atoms with van der Waals surface area (Å²) in [4.78, 5) is 42.7. The summed E-state index contributed by atoms with van der Waals surface area (Å²) in [5.74, 6) is -1.66. The number of nitrogens with one attached hydrogen (secondary N) is 2. The van der Waals surface area contributed by atoms with Crippen LogP contribution >= 0.6 is 11.8 Å². The highest BCUT2D eigenvalue weighted by Gasteiger charge is 2.44. The third-order valence-electron chi connectivity index (χ3n) is 6.92. The highest BCUT2D eigenvalue weighted by Crippen LogP contribution is 2.41. The Hall–Kier alpha value is -4.54. The van der Waals surface area contributed by atoms with Crippen molar-refractivity contribution in [1.82, 2.24) is 4.98 Å². The smallest absolute Gasteiger partial charge is 0.320 e. The monoisotopic (exact) mass is 584 g/mol.